The number of ketones is 2. The lowest BCUT2D eigenvalue weighted by Gasteiger charge is -2.06. The molecule has 1 aromatic rings. The van der Waals surface area contributed by atoms with Gasteiger partial charge in [0.05, 0.1) is 0 Å². The van der Waals surface area contributed by atoms with Crippen molar-refractivity contribution in [3.8, 4) is 0 Å². The Bertz CT molecular complexity index is 474. The number of hydrogen-bond donors (Lipinski definition) is 1. The lowest BCUT2D eigenvalue weighted by molar-refractivity contribution is -0.742. The van der Waals surface area contributed by atoms with Gasteiger partial charge in [-0.15, -0.1) is 10.1 Å². The van der Waals surface area contributed by atoms with Gasteiger partial charge in [0, 0.05) is 5.56 Å². The first kappa shape index (κ1) is 11.6. The van der Waals surface area contributed by atoms with Crippen molar-refractivity contribution in [2.45, 2.75) is 0 Å². The molecular formula is C10H7NO5. The van der Waals surface area contributed by atoms with Crippen LogP contribution in [0.4, 0.5) is 0 Å². The number of carbonyl (C=O) groups is 2. The summed E-state index contributed by atoms with van der Waals surface area (Å²) < 4.78 is 0. The normalized spacial score (nSPS) is 12.5. The van der Waals surface area contributed by atoms with Gasteiger partial charge in [-0.25, -0.2) is 0 Å². The number of benzene rings is 1. The number of Topliss-reactive ketones (excluding diaryl/α,β-unsaturated/α-hetero) is 1. The Balaban J connectivity index is 0.000000280. The van der Waals surface area contributed by atoms with Crippen molar-refractivity contribution in [2.24, 2.45) is 0 Å². The minimum absolute atomic E-state index is 0.409. The Kier molecular flexibility index (Phi) is 3.49. The fourth-order valence-corrected chi connectivity index (χ4v) is 1.22. The largest absolute Gasteiger partial charge is 0.328 e. The third kappa shape index (κ3) is 2.74. The van der Waals surface area contributed by atoms with E-state index in [0.29, 0.717) is 5.56 Å². The monoisotopic (exact) mass is 221 g/mol. The number of hydrogen-bond acceptors (Lipinski definition) is 4. The molecule has 0 heterocycles. The minimum Gasteiger partial charge on any atom is -0.328 e. The van der Waals surface area contributed by atoms with E-state index in [0.717, 1.165) is 5.56 Å². The Morgan fingerprint density at radius 2 is 1.69 bits per heavy atom. The number of rotatable bonds is 0. The number of fused-ring (bicyclic) bond motifs is 1. The highest BCUT2D eigenvalue weighted by atomic mass is 16.9. The lowest BCUT2D eigenvalue weighted by atomic mass is 9.96. The van der Waals surface area contributed by atoms with Gasteiger partial charge in [-0.05, 0) is 11.6 Å². The first-order valence-corrected chi connectivity index (χ1v) is 4.21. The van der Waals surface area contributed by atoms with E-state index in [-0.39, 0.29) is 0 Å². The van der Waals surface area contributed by atoms with Crippen LogP contribution in [0.25, 0.3) is 6.08 Å². The summed E-state index contributed by atoms with van der Waals surface area (Å²) in [6.45, 7) is 0. The van der Waals surface area contributed by atoms with Crippen LogP contribution in [0.2, 0.25) is 0 Å². The predicted octanol–water partition coefficient (Wildman–Crippen LogP) is 1.12. The van der Waals surface area contributed by atoms with Crippen molar-refractivity contribution in [3.63, 3.8) is 0 Å². The summed E-state index contributed by atoms with van der Waals surface area (Å²) in [6, 6.07) is 7.07. The maximum Gasteiger partial charge on any atom is 0.291 e. The van der Waals surface area contributed by atoms with Gasteiger partial charge >= 0.3 is 0 Å². The summed E-state index contributed by atoms with van der Waals surface area (Å²) in [5.74, 6) is -0.846. The second-order valence-electron chi connectivity index (χ2n) is 2.85. The molecule has 6 heteroatoms. The van der Waals surface area contributed by atoms with Crippen molar-refractivity contribution in [2.75, 3.05) is 0 Å². The molecule has 2 rings (SSSR count). The Morgan fingerprint density at radius 3 is 2.31 bits per heavy atom. The van der Waals surface area contributed by atoms with E-state index in [1.165, 1.54) is 6.08 Å². The van der Waals surface area contributed by atoms with Crippen LogP contribution in [0.3, 0.4) is 0 Å². The molecule has 0 amide bonds. The summed E-state index contributed by atoms with van der Waals surface area (Å²) in [5.41, 5.74) is 1.33. The van der Waals surface area contributed by atoms with E-state index in [1.54, 1.807) is 18.2 Å². The van der Waals surface area contributed by atoms with Crippen LogP contribution >= 0.6 is 0 Å². The average molecular weight is 221 g/mol. The molecule has 0 fully saturated rings. The SMILES string of the molecule is O=C1C=Cc2ccccc2C1=O.O=[N+]([O-])O. The van der Waals surface area contributed by atoms with Crippen molar-refractivity contribution in [3.05, 3.63) is 51.6 Å². The molecule has 1 aromatic carbocycles. The van der Waals surface area contributed by atoms with Crippen LogP contribution in [0, 0.1) is 10.1 Å². The first-order valence-electron chi connectivity index (χ1n) is 4.21. The topological polar surface area (TPSA) is 97.5 Å². The molecule has 1 aliphatic carbocycles. The van der Waals surface area contributed by atoms with Crippen LogP contribution < -0.4 is 0 Å². The summed E-state index contributed by atoms with van der Waals surface area (Å²) in [6.07, 6.45) is 2.98. The number of nitrogens with zero attached hydrogens (tertiary/aromatic N) is 1. The standard InChI is InChI=1S/C10H6O2.HNO3/c11-9-6-5-7-3-1-2-4-8(7)10(9)12;2-1(3)4/h1-6H;(H,2,3,4). The molecule has 0 saturated carbocycles. The van der Waals surface area contributed by atoms with E-state index in [1.807, 2.05) is 12.1 Å². The zero-order valence-corrected chi connectivity index (χ0v) is 7.99. The third-order valence-electron chi connectivity index (χ3n) is 1.84. The van der Waals surface area contributed by atoms with Gasteiger partial charge in [0.25, 0.3) is 5.09 Å². The van der Waals surface area contributed by atoms with Gasteiger partial charge in [0.15, 0.2) is 0 Å². The second-order valence-corrected chi connectivity index (χ2v) is 2.85. The molecule has 0 aromatic heterocycles. The summed E-state index contributed by atoms with van der Waals surface area (Å²) in [5, 5.41) is 13.6. The Labute approximate surface area is 89.9 Å². The van der Waals surface area contributed by atoms with Crippen LogP contribution in [-0.2, 0) is 4.79 Å². The molecule has 16 heavy (non-hydrogen) atoms. The molecule has 1 N–H and O–H groups in total. The summed E-state index contributed by atoms with van der Waals surface area (Å²) in [7, 11) is 0. The van der Waals surface area contributed by atoms with Gasteiger partial charge in [0.2, 0.25) is 11.6 Å². The zero-order valence-electron chi connectivity index (χ0n) is 7.99. The smallest absolute Gasteiger partial charge is 0.291 e. The Hall–Kier alpha value is -2.50. The average Bonchev–Trinajstić information content (AvgIpc) is 2.23. The molecule has 0 spiro atoms. The third-order valence-corrected chi connectivity index (χ3v) is 1.84. The highest BCUT2D eigenvalue weighted by molar-refractivity contribution is 6.49. The van der Waals surface area contributed by atoms with E-state index in [9.17, 15) is 9.59 Å². The van der Waals surface area contributed by atoms with Gasteiger partial charge in [0.1, 0.15) is 0 Å². The van der Waals surface area contributed by atoms with Crippen molar-refractivity contribution < 1.29 is 19.9 Å². The second kappa shape index (κ2) is 4.83. The van der Waals surface area contributed by atoms with Crippen LogP contribution in [0.1, 0.15) is 15.9 Å². The summed E-state index contributed by atoms with van der Waals surface area (Å²) >= 11 is 0. The van der Waals surface area contributed by atoms with E-state index < -0.39 is 16.7 Å². The van der Waals surface area contributed by atoms with E-state index in [4.69, 9.17) is 15.3 Å². The maximum atomic E-state index is 11.2. The highest BCUT2D eigenvalue weighted by Gasteiger charge is 2.19. The number of allylic oxidation sites excluding steroid dienone is 1. The molecule has 0 unspecified atom stereocenters. The molecule has 82 valence electrons. The Morgan fingerprint density at radius 1 is 1.12 bits per heavy atom. The molecule has 6 nitrogen and oxygen atoms in total. The van der Waals surface area contributed by atoms with E-state index in [2.05, 4.69) is 0 Å². The fraction of sp³-hybridized carbons (Fsp3) is 0. The van der Waals surface area contributed by atoms with Crippen LogP contribution in [-0.4, -0.2) is 21.9 Å². The minimum atomic E-state index is -1.50. The number of carbonyl (C=O) groups excluding carboxylic acids is 2. The molecule has 0 atom stereocenters. The molecule has 0 bridgehead atoms. The molecule has 0 radical (unpaired) electrons. The predicted molar refractivity (Wildman–Crippen MR) is 53.6 cm³/mol. The van der Waals surface area contributed by atoms with Gasteiger partial charge in [-0.3, -0.25) is 9.59 Å². The first-order chi connectivity index (χ1) is 7.52. The van der Waals surface area contributed by atoms with Crippen LogP contribution in [0.15, 0.2) is 30.3 Å². The molecule has 1 aliphatic rings. The lowest BCUT2D eigenvalue weighted by Crippen LogP contribution is -2.15. The molecule has 0 aliphatic heterocycles. The van der Waals surface area contributed by atoms with Crippen LogP contribution in [0.5, 0.6) is 0 Å². The fourth-order valence-electron chi connectivity index (χ4n) is 1.22. The molecule has 0 saturated heterocycles. The van der Waals surface area contributed by atoms with Crippen molar-refractivity contribution in [1.29, 1.82) is 0 Å². The zero-order chi connectivity index (χ0) is 12.1. The quantitative estimate of drug-likeness (QED) is 0.402. The maximum absolute atomic E-state index is 11.2. The summed E-state index contributed by atoms with van der Waals surface area (Å²) in [4.78, 5) is 30.5. The van der Waals surface area contributed by atoms with Crippen molar-refractivity contribution in [1.82, 2.24) is 0 Å². The van der Waals surface area contributed by atoms with Crippen molar-refractivity contribution >= 4 is 17.6 Å². The van der Waals surface area contributed by atoms with Gasteiger partial charge in [-0.1, -0.05) is 30.3 Å². The van der Waals surface area contributed by atoms with Gasteiger partial charge in [-0.2, -0.15) is 0 Å². The van der Waals surface area contributed by atoms with Gasteiger partial charge < -0.3 is 5.21 Å². The van der Waals surface area contributed by atoms with E-state index >= 15 is 0 Å². The highest BCUT2D eigenvalue weighted by Crippen LogP contribution is 2.16. The molecular weight excluding hydrogens is 214 g/mol.